The summed E-state index contributed by atoms with van der Waals surface area (Å²) >= 11 is 0. The van der Waals surface area contributed by atoms with Crippen LogP contribution in [-0.4, -0.2) is 53.7 Å². The lowest BCUT2D eigenvalue weighted by Gasteiger charge is -2.36. The van der Waals surface area contributed by atoms with Crippen molar-refractivity contribution in [2.24, 2.45) is 5.92 Å². The number of ether oxygens (including phenoxy) is 1. The molecule has 1 saturated carbocycles. The smallest absolute Gasteiger partial charge is 0.320 e. The first-order valence-corrected chi connectivity index (χ1v) is 9.56. The third-order valence-electron chi connectivity index (χ3n) is 6.34. The Bertz CT molecular complexity index is 707. The standard InChI is InChI=1S/C20H26N2O4/c1-26-18-9-5-4-8-15(18)21-11-10-16(19(21)23)22-14-7-3-2-6-13(14)12-17(22)20(24)25/h4-5,8-9,13-14,16-17H,2-3,6-7,10-12H2,1H3,(H,24,25). The predicted molar refractivity (Wildman–Crippen MR) is 97.4 cm³/mol. The molecular formula is C20H26N2O4. The van der Waals surface area contributed by atoms with E-state index in [9.17, 15) is 14.7 Å². The first-order chi connectivity index (χ1) is 12.6. The Morgan fingerprint density at radius 3 is 2.73 bits per heavy atom. The molecule has 1 aromatic rings. The lowest BCUT2D eigenvalue weighted by molar-refractivity contribution is -0.144. The fraction of sp³-hybridized carbons (Fsp3) is 0.600. The number of carbonyl (C=O) groups is 2. The zero-order valence-electron chi connectivity index (χ0n) is 15.1. The van der Waals surface area contributed by atoms with Crippen LogP contribution in [0.5, 0.6) is 5.75 Å². The Morgan fingerprint density at radius 1 is 1.19 bits per heavy atom. The number of methoxy groups -OCH3 is 1. The summed E-state index contributed by atoms with van der Waals surface area (Å²) in [4.78, 5) is 28.9. The monoisotopic (exact) mass is 358 g/mol. The summed E-state index contributed by atoms with van der Waals surface area (Å²) in [6.07, 6.45) is 5.74. The summed E-state index contributed by atoms with van der Waals surface area (Å²) in [6.45, 7) is 0.601. The van der Waals surface area contributed by atoms with E-state index in [4.69, 9.17) is 4.74 Å². The van der Waals surface area contributed by atoms with Crippen molar-refractivity contribution in [1.29, 1.82) is 0 Å². The Kier molecular flexibility index (Phi) is 4.61. The third kappa shape index (κ3) is 2.76. The van der Waals surface area contributed by atoms with Crippen molar-refractivity contribution < 1.29 is 19.4 Å². The molecule has 1 aliphatic carbocycles. The molecule has 0 bridgehead atoms. The van der Waals surface area contributed by atoms with Gasteiger partial charge in [-0.25, -0.2) is 0 Å². The van der Waals surface area contributed by atoms with Gasteiger partial charge in [-0.2, -0.15) is 0 Å². The third-order valence-corrected chi connectivity index (χ3v) is 6.34. The van der Waals surface area contributed by atoms with Crippen LogP contribution in [-0.2, 0) is 9.59 Å². The minimum Gasteiger partial charge on any atom is -0.495 e. The van der Waals surface area contributed by atoms with Crippen LogP contribution in [0.1, 0.15) is 38.5 Å². The number of anilines is 1. The quantitative estimate of drug-likeness (QED) is 0.896. The van der Waals surface area contributed by atoms with Gasteiger partial charge in [-0.1, -0.05) is 25.0 Å². The van der Waals surface area contributed by atoms with Crippen molar-refractivity contribution >= 4 is 17.6 Å². The van der Waals surface area contributed by atoms with Gasteiger partial charge in [0.1, 0.15) is 11.8 Å². The second-order valence-electron chi connectivity index (χ2n) is 7.62. The number of benzene rings is 1. The number of likely N-dealkylation sites (tertiary alicyclic amines) is 1. The molecule has 6 heteroatoms. The summed E-state index contributed by atoms with van der Waals surface area (Å²) in [7, 11) is 1.60. The maximum atomic E-state index is 13.2. The fourth-order valence-electron chi connectivity index (χ4n) is 5.21. The van der Waals surface area contributed by atoms with Crippen LogP contribution in [0.15, 0.2) is 24.3 Å². The van der Waals surface area contributed by atoms with Gasteiger partial charge >= 0.3 is 5.97 Å². The maximum Gasteiger partial charge on any atom is 0.320 e. The molecule has 3 fully saturated rings. The highest BCUT2D eigenvalue weighted by molar-refractivity contribution is 6.01. The molecule has 1 N–H and O–H groups in total. The molecule has 0 spiro atoms. The van der Waals surface area contributed by atoms with Crippen molar-refractivity contribution in [3.05, 3.63) is 24.3 Å². The molecule has 4 atom stereocenters. The van der Waals surface area contributed by atoms with E-state index in [-0.39, 0.29) is 18.0 Å². The first-order valence-electron chi connectivity index (χ1n) is 9.56. The van der Waals surface area contributed by atoms with Crippen LogP contribution in [0.3, 0.4) is 0 Å². The molecular weight excluding hydrogens is 332 g/mol. The van der Waals surface area contributed by atoms with Gasteiger partial charge < -0.3 is 14.7 Å². The average Bonchev–Trinajstić information content (AvgIpc) is 3.22. The minimum absolute atomic E-state index is 0.00646. The highest BCUT2D eigenvalue weighted by Crippen LogP contribution is 2.43. The SMILES string of the molecule is COc1ccccc1N1CCC(N2C(C(=O)O)CC3CCCCC32)C1=O. The number of rotatable bonds is 4. The lowest BCUT2D eigenvalue weighted by Crippen LogP contribution is -2.51. The van der Waals surface area contributed by atoms with Gasteiger partial charge in [0.05, 0.1) is 18.8 Å². The zero-order valence-corrected chi connectivity index (χ0v) is 15.1. The van der Waals surface area contributed by atoms with E-state index < -0.39 is 12.0 Å². The number of nitrogens with zero attached hydrogens (tertiary/aromatic N) is 2. The van der Waals surface area contributed by atoms with Crippen LogP contribution >= 0.6 is 0 Å². The molecule has 2 heterocycles. The molecule has 26 heavy (non-hydrogen) atoms. The summed E-state index contributed by atoms with van der Waals surface area (Å²) in [5, 5.41) is 9.76. The zero-order chi connectivity index (χ0) is 18.3. The number of para-hydroxylation sites is 2. The number of hydrogen-bond donors (Lipinski definition) is 1. The molecule has 4 unspecified atom stereocenters. The minimum atomic E-state index is -0.789. The van der Waals surface area contributed by atoms with E-state index in [1.54, 1.807) is 12.0 Å². The average molecular weight is 358 g/mol. The first kappa shape index (κ1) is 17.3. The largest absolute Gasteiger partial charge is 0.495 e. The summed E-state index contributed by atoms with van der Waals surface area (Å²) in [5.74, 6) is 0.307. The van der Waals surface area contributed by atoms with E-state index in [1.807, 2.05) is 29.2 Å². The number of fused-ring (bicyclic) bond motifs is 1. The molecule has 0 radical (unpaired) electrons. The van der Waals surface area contributed by atoms with E-state index in [0.717, 1.165) is 24.9 Å². The molecule has 2 saturated heterocycles. The molecule has 140 valence electrons. The normalized spacial score (nSPS) is 31.9. The van der Waals surface area contributed by atoms with Crippen molar-refractivity contribution in [3.8, 4) is 5.75 Å². The Morgan fingerprint density at radius 2 is 1.96 bits per heavy atom. The highest BCUT2D eigenvalue weighted by atomic mass is 16.5. The molecule has 3 aliphatic rings. The van der Waals surface area contributed by atoms with Gasteiger partial charge in [0.15, 0.2) is 0 Å². The second-order valence-corrected chi connectivity index (χ2v) is 7.62. The van der Waals surface area contributed by atoms with Crippen molar-refractivity contribution in [2.75, 3.05) is 18.6 Å². The fourth-order valence-corrected chi connectivity index (χ4v) is 5.21. The number of carboxylic acids is 1. The Labute approximate surface area is 153 Å². The molecule has 0 aromatic heterocycles. The number of amides is 1. The van der Waals surface area contributed by atoms with Gasteiger partial charge in [-0.05, 0) is 43.7 Å². The van der Waals surface area contributed by atoms with Crippen LogP contribution in [0, 0.1) is 5.92 Å². The highest BCUT2D eigenvalue weighted by Gasteiger charge is 2.52. The number of aliphatic carboxylic acids is 1. The lowest BCUT2D eigenvalue weighted by atomic mass is 9.84. The number of carboxylic acid groups (broad SMARTS) is 1. The van der Waals surface area contributed by atoms with E-state index in [2.05, 4.69) is 0 Å². The van der Waals surface area contributed by atoms with Crippen LogP contribution in [0.2, 0.25) is 0 Å². The molecule has 1 aromatic carbocycles. The number of carbonyl (C=O) groups excluding carboxylic acids is 1. The number of hydrogen-bond acceptors (Lipinski definition) is 4. The van der Waals surface area contributed by atoms with Crippen LogP contribution in [0.25, 0.3) is 0 Å². The molecule has 6 nitrogen and oxygen atoms in total. The molecule has 1 amide bonds. The molecule has 2 aliphatic heterocycles. The molecule has 4 rings (SSSR count). The van der Waals surface area contributed by atoms with E-state index in [1.165, 1.54) is 6.42 Å². The van der Waals surface area contributed by atoms with Gasteiger partial charge in [0, 0.05) is 12.6 Å². The topological polar surface area (TPSA) is 70.1 Å². The van der Waals surface area contributed by atoms with Crippen molar-refractivity contribution in [1.82, 2.24) is 4.90 Å². The maximum absolute atomic E-state index is 13.2. The summed E-state index contributed by atoms with van der Waals surface area (Å²) < 4.78 is 5.41. The Hall–Kier alpha value is -2.08. The van der Waals surface area contributed by atoms with Gasteiger partial charge in [-0.15, -0.1) is 0 Å². The van der Waals surface area contributed by atoms with E-state index >= 15 is 0 Å². The van der Waals surface area contributed by atoms with Crippen molar-refractivity contribution in [2.45, 2.75) is 56.7 Å². The van der Waals surface area contributed by atoms with E-state index in [0.29, 0.717) is 31.1 Å². The van der Waals surface area contributed by atoms with Crippen LogP contribution in [0.4, 0.5) is 5.69 Å². The van der Waals surface area contributed by atoms with Gasteiger partial charge in [0.2, 0.25) is 5.91 Å². The second kappa shape index (κ2) is 6.91. The predicted octanol–water partition coefficient (Wildman–Crippen LogP) is 2.52. The Balaban J connectivity index is 1.61. The van der Waals surface area contributed by atoms with Gasteiger partial charge in [0.25, 0.3) is 0 Å². The van der Waals surface area contributed by atoms with Gasteiger partial charge in [-0.3, -0.25) is 14.5 Å². The van der Waals surface area contributed by atoms with Crippen LogP contribution < -0.4 is 9.64 Å². The summed E-state index contributed by atoms with van der Waals surface area (Å²) in [6, 6.07) is 6.88. The summed E-state index contributed by atoms with van der Waals surface area (Å²) in [5.41, 5.74) is 0.772. The van der Waals surface area contributed by atoms with Crippen molar-refractivity contribution in [3.63, 3.8) is 0 Å².